The van der Waals surface area contributed by atoms with E-state index in [1.165, 1.54) is 30.4 Å². The molecule has 0 spiro atoms. The van der Waals surface area contributed by atoms with E-state index in [-0.39, 0.29) is 5.54 Å². The van der Waals surface area contributed by atoms with Crippen LogP contribution < -0.4 is 5.32 Å². The Labute approximate surface area is 112 Å². The molecule has 0 saturated heterocycles. The molecule has 0 unspecified atom stereocenters. The highest BCUT2D eigenvalue weighted by Gasteiger charge is 2.42. The van der Waals surface area contributed by atoms with Gasteiger partial charge in [0.2, 0.25) is 0 Å². The monoisotopic (exact) mass is 245 g/mol. The zero-order valence-corrected chi connectivity index (χ0v) is 12.3. The Morgan fingerprint density at radius 2 is 1.61 bits per heavy atom. The minimum absolute atomic E-state index is 0.238. The highest BCUT2D eigenvalue weighted by molar-refractivity contribution is 5.24. The van der Waals surface area contributed by atoms with E-state index >= 15 is 0 Å². The Bertz CT molecular complexity index is 379. The molecule has 0 bridgehead atoms. The molecule has 2 rings (SSSR count). The maximum Gasteiger partial charge on any atom is 0.00967 e. The molecule has 0 aliphatic heterocycles. The summed E-state index contributed by atoms with van der Waals surface area (Å²) in [5.41, 5.74) is 3.72. The van der Waals surface area contributed by atoms with Crippen molar-refractivity contribution in [1.82, 2.24) is 5.32 Å². The summed E-state index contributed by atoms with van der Waals surface area (Å²) in [6.45, 7) is 10.1. The predicted molar refractivity (Wildman–Crippen MR) is 78.9 cm³/mol. The summed E-state index contributed by atoms with van der Waals surface area (Å²) in [6.07, 6.45) is 5.13. The van der Waals surface area contributed by atoms with E-state index in [9.17, 15) is 0 Å². The van der Waals surface area contributed by atoms with E-state index in [4.69, 9.17) is 0 Å². The van der Waals surface area contributed by atoms with E-state index < -0.39 is 0 Å². The maximum absolute atomic E-state index is 3.67. The van der Waals surface area contributed by atoms with Crippen LogP contribution >= 0.6 is 0 Å². The lowest BCUT2D eigenvalue weighted by Gasteiger charge is -2.25. The molecule has 1 aliphatic carbocycles. The summed E-state index contributed by atoms with van der Waals surface area (Å²) in [4.78, 5) is 0. The predicted octanol–water partition coefficient (Wildman–Crippen LogP) is 3.96. The van der Waals surface area contributed by atoms with Gasteiger partial charge in [0.05, 0.1) is 0 Å². The zero-order chi connectivity index (χ0) is 13.2. The van der Waals surface area contributed by atoms with Crippen molar-refractivity contribution < 1.29 is 0 Å². The van der Waals surface area contributed by atoms with Gasteiger partial charge >= 0.3 is 0 Å². The van der Waals surface area contributed by atoms with Crippen LogP contribution in [0.3, 0.4) is 0 Å². The third-order valence-corrected chi connectivity index (χ3v) is 3.96. The van der Waals surface area contributed by atoms with Crippen molar-refractivity contribution >= 4 is 0 Å². The molecule has 1 saturated carbocycles. The van der Waals surface area contributed by atoms with Crippen molar-refractivity contribution in [3.8, 4) is 0 Å². The van der Waals surface area contributed by atoms with Crippen LogP contribution in [0, 0.1) is 5.41 Å². The van der Waals surface area contributed by atoms with Crippen molar-refractivity contribution in [3.05, 3.63) is 35.4 Å². The molecule has 0 radical (unpaired) electrons. The van der Waals surface area contributed by atoms with Crippen molar-refractivity contribution in [2.24, 2.45) is 5.41 Å². The molecule has 1 aliphatic rings. The second kappa shape index (κ2) is 5.05. The van der Waals surface area contributed by atoms with Crippen LogP contribution in [0.1, 0.15) is 51.7 Å². The van der Waals surface area contributed by atoms with Crippen LogP contribution in [0.25, 0.3) is 0 Å². The van der Waals surface area contributed by atoms with Gasteiger partial charge in [-0.2, -0.15) is 0 Å². The number of aryl methyl sites for hydroxylation is 1. The van der Waals surface area contributed by atoms with Gasteiger partial charge < -0.3 is 5.32 Å². The molecule has 1 heteroatoms. The van der Waals surface area contributed by atoms with Gasteiger partial charge in [0.1, 0.15) is 0 Å². The Kier molecular flexibility index (Phi) is 3.82. The van der Waals surface area contributed by atoms with E-state index in [1.807, 2.05) is 0 Å². The van der Waals surface area contributed by atoms with Gasteiger partial charge in [-0.15, -0.1) is 0 Å². The minimum Gasteiger partial charge on any atom is -0.312 e. The SMILES string of the molecule is CCc1ccc(CC2(CNC(C)(C)C)CC2)cc1. The summed E-state index contributed by atoms with van der Waals surface area (Å²) in [5, 5.41) is 3.67. The van der Waals surface area contributed by atoms with Crippen LogP contribution in [0.4, 0.5) is 0 Å². The molecule has 0 heterocycles. The summed E-state index contributed by atoms with van der Waals surface area (Å²) < 4.78 is 0. The van der Waals surface area contributed by atoms with Gasteiger partial charge in [-0.1, -0.05) is 31.2 Å². The van der Waals surface area contributed by atoms with Crippen LogP contribution in [0.15, 0.2) is 24.3 Å². The summed E-state index contributed by atoms with van der Waals surface area (Å²) >= 11 is 0. The molecular formula is C17H27N. The van der Waals surface area contributed by atoms with E-state index in [1.54, 1.807) is 0 Å². The summed E-state index contributed by atoms with van der Waals surface area (Å²) in [6, 6.07) is 9.19. The number of rotatable bonds is 5. The molecule has 18 heavy (non-hydrogen) atoms. The average Bonchev–Trinajstić information content (AvgIpc) is 3.07. The van der Waals surface area contributed by atoms with Crippen LogP contribution in [-0.2, 0) is 12.8 Å². The minimum atomic E-state index is 0.238. The molecule has 0 aromatic heterocycles. The molecule has 0 amide bonds. The van der Waals surface area contributed by atoms with Gasteiger partial charge in [-0.05, 0) is 63.0 Å². The fourth-order valence-corrected chi connectivity index (χ4v) is 2.37. The number of benzene rings is 1. The second-order valence-corrected chi connectivity index (χ2v) is 6.95. The molecule has 100 valence electrons. The Morgan fingerprint density at radius 1 is 1.06 bits per heavy atom. The quantitative estimate of drug-likeness (QED) is 0.828. The lowest BCUT2D eigenvalue weighted by molar-refractivity contribution is 0.356. The van der Waals surface area contributed by atoms with Crippen molar-refractivity contribution in [1.29, 1.82) is 0 Å². The lowest BCUT2D eigenvalue weighted by Crippen LogP contribution is -2.40. The fraction of sp³-hybridized carbons (Fsp3) is 0.647. The maximum atomic E-state index is 3.67. The zero-order valence-electron chi connectivity index (χ0n) is 12.3. The Hall–Kier alpha value is -0.820. The van der Waals surface area contributed by atoms with Crippen LogP contribution in [0.5, 0.6) is 0 Å². The smallest absolute Gasteiger partial charge is 0.00967 e. The molecule has 0 atom stereocenters. The van der Waals surface area contributed by atoms with Crippen LogP contribution in [-0.4, -0.2) is 12.1 Å². The first kappa shape index (κ1) is 13.6. The largest absolute Gasteiger partial charge is 0.312 e. The van der Waals surface area contributed by atoms with E-state index in [0.29, 0.717) is 5.41 Å². The van der Waals surface area contributed by atoms with Gasteiger partial charge in [-0.25, -0.2) is 0 Å². The number of hydrogen-bond donors (Lipinski definition) is 1. The van der Waals surface area contributed by atoms with Crippen molar-refractivity contribution in [2.45, 2.75) is 58.9 Å². The van der Waals surface area contributed by atoms with Gasteiger partial charge in [0.25, 0.3) is 0 Å². The first-order valence-corrected chi connectivity index (χ1v) is 7.25. The standard InChI is InChI=1S/C17H27N/c1-5-14-6-8-15(9-7-14)12-17(10-11-17)13-18-16(2,3)4/h6-9,18H,5,10-13H2,1-4H3. The van der Waals surface area contributed by atoms with Gasteiger partial charge in [-0.3, -0.25) is 0 Å². The highest BCUT2D eigenvalue weighted by Crippen LogP contribution is 2.48. The molecule has 1 aromatic rings. The highest BCUT2D eigenvalue weighted by atomic mass is 15.0. The number of nitrogens with one attached hydrogen (secondary N) is 1. The molecular weight excluding hydrogens is 218 g/mol. The van der Waals surface area contributed by atoms with Crippen molar-refractivity contribution in [2.75, 3.05) is 6.54 Å². The first-order chi connectivity index (χ1) is 8.42. The van der Waals surface area contributed by atoms with E-state index in [0.717, 1.165) is 13.0 Å². The lowest BCUT2D eigenvalue weighted by atomic mass is 9.94. The Morgan fingerprint density at radius 3 is 2.06 bits per heavy atom. The molecule has 1 aromatic carbocycles. The molecule has 1 N–H and O–H groups in total. The third-order valence-electron chi connectivity index (χ3n) is 3.96. The second-order valence-electron chi connectivity index (χ2n) is 6.95. The average molecular weight is 245 g/mol. The van der Waals surface area contributed by atoms with Crippen molar-refractivity contribution in [3.63, 3.8) is 0 Å². The van der Waals surface area contributed by atoms with Crippen LogP contribution in [0.2, 0.25) is 0 Å². The molecule has 1 fully saturated rings. The van der Waals surface area contributed by atoms with E-state index in [2.05, 4.69) is 57.3 Å². The third kappa shape index (κ3) is 3.84. The number of hydrogen-bond acceptors (Lipinski definition) is 1. The summed E-state index contributed by atoms with van der Waals surface area (Å²) in [7, 11) is 0. The van der Waals surface area contributed by atoms with Gasteiger partial charge in [0, 0.05) is 12.1 Å². The van der Waals surface area contributed by atoms with Gasteiger partial charge in [0.15, 0.2) is 0 Å². The topological polar surface area (TPSA) is 12.0 Å². The first-order valence-electron chi connectivity index (χ1n) is 7.25. The Balaban J connectivity index is 1.91. The fourth-order valence-electron chi connectivity index (χ4n) is 2.37. The molecule has 1 nitrogen and oxygen atoms in total. The normalized spacial score (nSPS) is 17.8. The summed E-state index contributed by atoms with van der Waals surface area (Å²) in [5.74, 6) is 0.